The molecule has 1 saturated heterocycles. The highest BCUT2D eigenvalue weighted by atomic mass is 32.2. The van der Waals surface area contributed by atoms with Crippen molar-refractivity contribution in [3.63, 3.8) is 0 Å². The van der Waals surface area contributed by atoms with Crippen LogP contribution in [0.2, 0.25) is 0 Å². The number of hydrogen-bond acceptors (Lipinski definition) is 3. The Kier molecular flexibility index (Phi) is 5.64. The third-order valence-corrected chi connectivity index (χ3v) is 8.71. The first-order chi connectivity index (χ1) is 16.3. The van der Waals surface area contributed by atoms with Gasteiger partial charge in [0.15, 0.2) is 0 Å². The van der Waals surface area contributed by atoms with Gasteiger partial charge >= 0.3 is 0 Å². The van der Waals surface area contributed by atoms with Crippen molar-refractivity contribution in [1.29, 1.82) is 0 Å². The lowest BCUT2D eigenvalue weighted by Gasteiger charge is -2.40. The zero-order valence-electron chi connectivity index (χ0n) is 18.4. The number of carbonyl (C=O) groups excluding carboxylic acids is 1. The van der Waals surface area contributed by atoms with E-state index in [4.69, 9.17) is 0 Å². The number of likely N-dealkylation sites (tertiary alicyclic amines) is 1. The fraction of sp³-hybridized carbons (Fsp3) is 0.269. The second-order valence-electron chi connectivity index (χ2n) is 8.84. The summed E-state index contributed by atoms with van der Waals surface area (Å²) < 4.78 is 54.4. The summed E-state index contributed by atoms with van der Waals surface area (Å²) in [4.78, 5) is 14.7. The van der Waals surface area contributed by atoms with Gasteiger partial charge in [0.25, 0.3) is 22.4 Å². The van der Waals surface area contributed by atoms with Crippen LogP contribution in [0.5, 0.6) is 0 Å². The Balaban J connectivity index is 1.42. The van der Waals surface area contributed by atoms with Gasteiger partial charge in [-0.25, -0.2) is 17.2 Å². The van der Waals surface area contributed by atoms with Gasteiger partial charge in [0.1, 0.15) is 0 Å². The Bertz CT molecular complexity index is 1300. The molecule has 0 bridgehead atoms. The van der Waals surface area contributed by atoms with Crippen molar-refractivity contribution in [2.45, 2.75) is 29.6 Å². The average Bonchev–Trinajstić information content (AvgIpc) is 3.19. The van der Waals surface area contributed by atoms with E-state index in [2.05, 4.69) is 0 Å². The SMILES string of the molecule is O=C(c1ccccc1)N1CCC2(CC1)CN(S(=O)(=O)c1ccc(C(F)F)cc1)c1ccccc12. The van der Waals surface area contributed by atoms with E-state index in [9.17, 15) is 22.0 Å². The van der Waals surface area contributed by atoms with Crippen LogP contribution in [0, 0.1) is 0 Å². The molecule has 176 valence electrons. The standard InChI is InChI=1S/C26H24F2N2O3S/c27-24(28)19-10-12-21(13-11-19)34(32,33)30-18-26(22-8-4-5-9-23(22)30)14-16-29(17-15-26)25(31)20-6-2-1-3-7-20/h1-13,24H,14-18H2. The van der Waals surface area contributed by atoms with Gasteiger partial charge in [-0.2, -0.15) is 0 Å². The van der Waals surface area contributed by atoms with Crippen molar-refractivity contribution in [2.24, 2.45) is 0 Å². The zero-order valence-corrected chi connectivity index (χ0v) is 19.2. The fourth-order valence-electron chi connectivity index (χ4n) is 5.04. The lowest BCUT2D eigenvalue weighted by molar-refractivity contribution is 0.0675. The number of anilines is 1. The highest BCUT2D eigenvalue weighted by Crippen LogP contribution is 2.48. The second-order valence-corrected chi connectivity index (χ2v) is 10.7. The number of hydrogen-bond donors (Lipinski definition) is 0. The average molecular weight is 483 g/mol. The summed E-state index contributed by atoms with van der Waals surface area (Å²) in [6, 6.07) is 21.4. The number of para-hydroxylation sites is 1. The number of halogens is 2. The Morgan fingerprint density at radius 1 is 0.853 bits per heavy atom. The number of sulfonamides is 1. The van der Waals surface area contributed by atoms with E-state index in [1.54, 1.807) is 24.3 Å². The van der Waals surface area contributed by atoms with Crippen LogP contribution in [-0.4, -0.2) is 38.9 Å². The summed E-state index contributed by atoms with van der Waals surface area (Å²) in [5.74, 6) is -0.0228. The molecule has 2 aliphatic rings. The molecule has 1 spiro atoms. The molecule has 0 aromatic heterocycles. The van der Waals surface area contributed by atoms with Crippen molar-refractivity contribution in [3.05, 3.63) is 95.6 Å². The minimum absolute atomic E-state index is 0.0135. The van der Waals surface area contributed by atoms with E-state index in [-0.39, 0.29) is 22.9 Å². The molecule has 5 rings (SSSR count). The number of fused-ring (bicyclic) bond motifs is 2. The van der Waals surface area contributed by atoms with E-state index < -0.39 is 21.9 Å². The molecular weight excluding hydrogens is 458 g/mol. The number of amides is 1. The first kappa shape index (κ1) is 22.5. The molecule has 0 atom stereocenters. The Hall–Kier alpha value is -3.26. The molecule has 3 aromatic carbocycles. The second kappa shape index (κ2) is 8.51. The molecule has 0 radical (unpaired) electrons. The van der Waals surface area contributed by atoms with Crippen molar-refractivity contribution < 1.29 is 22.0 Å². The van der Waals surface area contributed by atoms with Gasteiger partial charge in [-0.3, -0.25) is 9.10 Å². The van der Waals surface area contributed by atoms with Crippen LogP contribution >= 0.6 is 0 Å². The monoisotopic (exact) mass is 482 g/mol. The van der Waals surface area contributed by atoms with Gasteiger partial charge in [0.2, 0.25) is 0 Å². The largest absolute Gasteiger partial charge is 0.339 e. The maximum atomic E-state index is 13.5. The van der Waals surface area contributed by atoms with Crippen LogP contribution < -0.4 is 4.31 Å². The first-order valence-electron chi connectivity index (χ1n) is 11.2. The third kappa shape index (κ3) is 3.76. The van der Waals surface area contributed by atoms with Crippen LogP contribution in [-0.2, 0) is 15.4 Å². The molecule has 1 amide bonds. The van der Waals surface area contributed by atoms with Gasteiger partial charge < -0.3 is 4.90 Å². The van der Waals surface area contributed by atoms with Gasteiger partial charge in [0.05, 0.1) is 10.6 Å². The number of piperidine rings is 1. The number of rotatable bonds is 4. The molecular formula is C26H24F2N2O3S. The van der Waals surface area contributed by atoms with Gasteiger partial charge in [-0.15, -0.1) is 0 Å². The molecule has 0 N–H and O–H groups in total. The number of nitrogens with zero attached hydrogens (tertiary/aromatic N) is 2. The quantitative estimate of drug-likeness (QED) is 0.526. The molecule has 2 heterocycles. The Morgan fingerprint density at radius 3 is 2.12 bits per heavy atom. The van der Waals surface area contributed by atoms with Crippen LogP contribution in [0.25, 0.3) is 0 Å². The minimum atomic E-state index is -3.93. The third-order valence-electron chi connectivity index (χ3n) is 6.94. The molecule has 1 fully saturated rings. The predicted octanol–water partition coefficient (Wildman–Crippen LogP) is 5.01. The summed E-state index contributed by atoms with van der Waals surface area (Å²) in [6.07, 6.45) is -1.38. The lowest BCUT2D eigenvalue weighted by Crippen LogP contribution is -2.47. The van der Waals surface area contributed by atoms with Gasteiger partial charge in [-0.1, -0.05) is 48.5 Å². The summed E-state index contributed by atoms with van der Waals surface area (Å²) in [6.45, 7) is 1.32. The molecule has 0 aliphatic carbocycles. The van der Waals surface area contributed by atoms with Crippen molar-refractivity contribution in [3.8, 4) is 0 Å². The maximum absolute atomic E-state index is 13.5. The molecule has 8 heteroatoms. The summed E-state index contributed by atoms with van der Waals surface area (Å²) in [5, 5.41) is 0. The van der Waals surface area contributed by atoms with E-state index in [0.717, 1.165) is 17.7 Å². The van der Waals surface area contributed by atoms with Crippen LogP contribution in [0.3, 0.4) is 0 Å². The number of carbonyl (C=O) groups is 1. The summed E-state index contributed by atoms with van der Waals surface area (Å²) in [7, 11) is -3.93. The van der Waals surface area contributed by atoms with Crippen LogP contribution in [0.4, 0.5) is 14.5 Å². The molecule has 0 unspecified atom stereocenters. The predicted molar refractivity (Wildman–Crippen MR) is 126 cm³/mol. The molecule has 2 aliphatic heterocycles. The van der Waals surface area contributed by atoms with Gasteiger partial charge in [0, 0.05) is 36.2 Å². The van der Waals surface area contributed by atoms with Crippen LogP contribution in [0.15, 0.2) is 83.8 Å². The summed E-state index contributed by atoms with van der Waals surface area (Å²) in [5.41, 5.74) is 1.59. The minimum Gasteiger partial charge on any atom is -0.339 e. The lowest BCUT2D eigenvalue weighted by atomic mass is 9.74. The van der Waals surface area contributed by atoms with Crippen LogP contribution in [0.1, 0.15) is 40.8 Å². The smallest absolute Gasteiger partial charge is 0.264 e. The van der Waals surface area contributed by atoms with Gasteiger partial charge in [-0.05, 0) is 48.7 Å². The van der Waals surface area contributed by atoms with Crippen molar-refractivity contribution >= 4 is 21.6 Å². The number of benzene rings is 3. The summed E-state index contributed by atoms with van der Waals surface area (Å²) >= 11 is 0. The topological polar surface area (TPSA) is 57.7 Å². The highest BCUT2D eigenvalue weighted by Gasteiger charge is 2.48. The first-order valence-corrected chi connectivity index (χ1v) is 12.6. The van der Waals surface area contributed by atoms with E-state index in [1.807, 2.05) is 35.2 Å². The molecule has 34 heavy (non-hydrogen) atoms. The molecule has 3 aromatic rings. The highest BCUT2D eigenvalue weighted by molar-refractivity contribution is 7.92. The zero-order chi connectivity index (χ0) is 23.9. The van der Waals surface area contributed by atoms with Crippen molar-refractivity contribution in [1.82, 2.24) is 4.90 Å². The molecule has 0 saturated carbocycles. The normalized spacial score (nSPS) is 17.3. The Morgan fingerprint density at radius 2 is 1.47 bits per heavy atom. The van der Waals surface area contributed by atoms with E-state index in [1.165, 1.54) is 16.4 Å². The maximum Gasteiger partial charge on any atom is 0.264 e. The molecule has 5 nitrogen and oxygen atoms in total. The fourth-order valence-corrected chi connectivity index (χ4v) is 6.61. The number of alkyl halides is 2. The Labute approximate surface area is 197 Å². The van der Waals surface area contributed by atoms with E-state index in [0.29, 0.717) is 37.2 Å². The van der Waals surface area contributed by atoms with Crippen molar-refractivity contribution in [2.75, 3.05) is 23.9 Å². The van der Waals surface area contributed by atoms with E-state index >= 15 is 0 Å².